The van der Waals surface area contributed by atoms with Crippen LogP contribution in [0.15, 0.2) is 6.33 Å². The minimum atomic E-state index is 0.491. The summed E-state index contributed by atoms with van der Waals surface area (Å²) in [6, 6.07) is 0. The molecule has 5 nitrogen and oxygen atoms in total. The molecule has 1 saturated heterocycles. The van der Waals surface area contributed by atoms with Gasteiger partial charge in [-0.15, -0.1) is 0 Å². The maximum atomic E-state index is 6.00. The first-order valence-corrected chi connectivity index (χ1v) is 6.54. The number of rotatable bonds is 3. The van der Waals surface area contributed by atoms with E-state index in [0.717, 1.165) is 30.4 Å². The van der Waals surface area contributed by atoms with Crippen molar-refractivity contribution in [2.45, 2.75) is 6.92 Å². The molecular weight excluding hydrogens is 224 g/mol. The van der Waals surface area contributed by atoms with Crippen molar-refractivity contribution in [3.05, 3.63) is 6.33 Å². The molecule has 1 aromatic rings. The third-order valence-corrected chi connectivity index (χ3v) is 3.36. The molecule has 0 unspecified atom stereocenters. The molecular formula is C10H16N4OS. The first kappa shape index (κ1) is 11.3. The zero-order valence-corrected chi connectivity index (χ0v) is 10.2. The van der Waals surface area contributed by atoms with E-state index < -0.39 is 0 Å². The molecule has 16 heavy (non-hydrogen) atoms. The second-order valence-corrected chi connectivity index (χ2v) is 4.67. The molecule has 2 heterocycles. The Hall–Kier alpha value is -1.17. The Morgan fingerprint density at radius 1 is 1.44 bits per heavy atom. The van der Waals surface area contributed by atoms with E-state index >= 15 is 0 Å². The van der Waals surface area contributed by atoms with Gasteiger partial charge in [-0.2, -0.15) is 16.7 Å². The Morgan fingerprint density at radius 2 is 2.19 bits per heavy atom. The molecule has 2 N–H and O–H groups in total. The monoisotopic (exact) mass is 240 g/mol. The van der Waals surface area contributed by atoms with Crippen molar-refractivity contribution in [3.63, 3.8) is 0 Å². The van der Waals surface area contributed by atoms with E-state index in [-0.39, 0.29) is 0 Å². The smallest absolute Gasteiger partial charge is 0.242 e. The fourth-order valence-corrected chi connectivity index (χ4v) is 2.55. The molecule has 6 heteroatoms. The fourth-order valence-electron chi connectivity index (χ4n) is 1.65. The van der Waals surface area contributed by atoms with Gasteiger partial charge in [-0.05, 0) is 6.92 Å². The molecule has 0 saturated carbocycles. The first-order chi connectivity index (χ1) is 7.83. The second-order valence-electron chi connectivity index (χ2n) is 3.45. The summed E-state index contributed by atoms with van der Waals surface area (Å²) in [4.78, 5) is 10.5. The molecule has 0 amide bonds. The minimum absolute atomic E-state index is 0.491. The van der Waals surface area contributed by atoms with E-state index in [1.165, 1.54) is 6.33 Å². The normalized spacial score (nSPS) is 16.2. The molecule has 0 bridgehead atoms. The number of anilines is 2. The van der Waals surface area contributed by atoms with Crippen LogP contribution in [0.2, 0.25) is 0 Å². The second kappa shape index (κ2) is 5.25. The predicted octanol–water partition coefficient (Wildman–Crippen LogP) is 1.01. The van der Waals surface area contributed by atoms with Gasteiger partial charge in [-0.25, -0.2) is 4.98 Å². The average molecular weight is 240 g/mol. The maximum Gasteiger partial charge on any atom is 0.242 e. The lowest BCUT2D eigenvalue weighted by Crippen LogP contribution is -2.33. The van der Waals surface area contributed by atoms with E-state index in [0.29, 0.717) is 18.2 Å². The van der Waals surface area contributed by atoms with Gasteiger partial charge in [0.05, 0.1) is 6.61 Å². The van der Waals surface area contributed by atoms with E-state index in [9.17, 15) is 0 Å². The largest absolute Gasteiger partial charge is 0.476 e. The number of hydrogen-bond acceptors (Lipinski definition) is 6. The number of ether oxygens (including phenoxy) is 1. The molecule has 0 atom stereocenters. The Morgan fingerprint density at radius 3 is 2.88 bits per heavy atom. The van der Waals surface area contributed by atoms with Crippen molar-refractivity contribution >= 4 is 23.3 Å². The third-order valence-electron chi connectivity index (χ3n) is 2.42. The van der Waals surface area contributed by atoms with Crippen molar-refractivity contribution in [2.75, 3.05) is 41.8 Å². The van der Waals surface area contributed by atoms with Crippen molar-refractivity contribution in [2.24, 2.45) is 0 Å². The van der Waals surface area contributed by atoms with E-state index in [1.807, 2.05) is 18.7 Å². The molecule has 2 rings (SSSR count). The zero-order chi connectivity index (χ0) is 11.4. The van der Waals surface area contributed by atoms with E-state index in [4.69, 9.17) is 10.5 Å². The van der Waals surface area contributed by atoms with Gasteiger partial charge in [0.15, 0.2) is 5.82 Å². The molecule has 1 fully saturated rings. The van der Waals surface area contributed by atoms with Gasteiger partial charge in [0.25, 0.3) is 0 Å². The first-order valence-electron chi connectivity index (χ1n) is 5.39. The summed E-state index contributed by atoms with van der Waals surface area (Å²) in [5.41, 5.74) is 6.55. The lowest BCUT2D eigenvalue weighted by molar-refractivity contribution is 0.328. The molecule has 1 aromatic heterocycles. The third kappa shape index (κ3) is 2.32. The SMILES string of the molecule is CCOc1ncnc(N2CCSCC2)c1N. The number of thioether (sulfide) groups is 1. The summed E-state index contributed by atoms with van der Waals surface area (Å²) >= 11 is 1.96. The summed E-state index contributed by atoms with van der Waals surface area (Å²) in [6.07, 6.45) is 1.51. The highest BCUT2D eigenvalue weighted by atomic mass is 32.2. The molecule has 0 radical (unpaired) electrons. The Balaban J connectivity index is 2.22. The lowest BCUT2D eigenvalue weighted by atomic mass is 10.4. The highest BCUT2D eigenvalue weighted by molar-refractivity contribution is 7.99. The van der Waals surface area contributed by atoms with Crippen LogP contribution < -0.4 is 15.4 Å². The van der Waals surface area contributed by atoms with Gasteiger partial charge in [-0.3, -0.25) is 0 Å². The highest BCUT2D eigenvalue weighted by Gasteiger charge is 2.17. The van der Waals surface area contributed by atoms with Crippen LogP contribution in [0.4, 0.5) is 11.5 Å². The Bertz CT molecular complexity index is 355. The van der Waals surface area contributed by atoms with Crippen molar-refractivity contribution < 1.29 is 4.74 Å². The molecule has 1 aliphatic heterocycles. The number of nitrogens with two attached hydrogens (primary N) is 1. The van der Waals surface area contributed by atoms with Crippen LogP contribution in [-0.2, 0) is 0 Å². The van der Waals surface area contributed by atoms with Gasteiger partial charge in [0, 0.05) is 24.6 Å². The van der Waals surface area contributed by atoms with Crippen molar-refractivity contribution in [3.8, 4) is 5.88 Å². The highest BCUT2D eigenvalue weighted by Crippen LogP contribution is 2.29. The summed E-state index contributed by atoms with van der Waals surface area (Å²) < 4.78 is 5.36. The quantitative estimate of drug-likeness (QED) is 0.850. The van der Waals surface area contributed by atoms with Gasteiger partial charge in [0.2, 0.25) is 5.88 Å². The Labute approximate surface area is 99.4 Å². The zero-order valence-electron chi connectivity index (χ0n) is 9.35. The minimum Gasteiger partial charge on any atom is -0.476 e. The number of nitrogen functional groups attached to an aromatic ring is 1. The van der Waals surface area contributed by atoms with Crippen LogP contribution in [0.5, 0.6) is 5.88 Å². The number of hydrogen-bond donors (Lipinski definition) is 1. The van der Waals surface area contributed by atoms with Crippen LogP contribution in [0.25, 0.3) is 0 Å². The number of nitrogens with zero attached hydrogens (tertiary/aromatic N) is 3. The molecule has 88 valence electrons. The van der Waals surface area contributed by atoms with E-state index in [2.05, 4.69) is 14.9 Å². The van der Waals surface area contributed by atoms with Crippen LogP contribution in [0.3, 0.4) is 0 Å². The fraction of sp³-hybridized carbons (Fsp3) is 0.600. The summed E-state index contributed by atoms with van der Waals surface area (Å²) in [7, 11) is 0. The molecule has 0 aromatic carbocycles. The standard InChI is InChI=1S/C10H16N4OS/c1-2-15-10-8(11)9(12-7-13-10)14-3-5-16-6-4-14/h7H,2-6,11H2,1H3. The van der Waals surface area contributed by atoms with Crippen LogP contribution in [0, 0.1) is 0 Å². The molecule has 0 spiro atoms. The van der Waals surface area contributed by atoms with Gasteiger partial charge in [0.1, 0.15) is 12.0 Å². The van der Waals surface area contributed by atoms with Crippen LogP contribution >= 0.6 is 11.8 Å². The van der Waals surface area contributed by atoms with Crippen LogP contribution in [-0.4, -0.2) is 41.2 Å². The van der Waals surface area contributed by atoms with E-state index in [1.54, 1.807) is 0 Å². The summed E-state index contributed by atoms with van der Waals surface area (Å²) in [5, 5.41) is 0. The predicted molar refractivity (Wildman–Crippen MR) is 67.2 cm³/mol. The lowest BCUT2D eigenvalue weighted by Gasteiger charge is -2.28. The van der Waals surface area contributed by atoms with Crippen LogP contribution in [0.1, 0.15) is 6.92 Å². The topological polar surface area (TPSA) is 64.3 Å². The summed E-state index contributed by atoms with van der Waals surface area (Å²) in [5.74, 6) is 3.53. The van der Waals surface area contributed by atoms with Crippen molar-refractivity contribution in [1.82, 2.24) is 9.97 Å². The van der Waals surface area contributed by atoms with Gasteiger partial charge in [-0.1, -0.05) is 0 Å². The Kier molecular flexibility index (Phi) is 3.71. The van der Waals surface area contributed by atoms with Gasteiger partial charge >= 0.3 is 0 Å². The maximum absolute atomic E-state index is 6.00. The average Bonchev–Trinajstić information content (AvgIpc) is 2.33. The molecule has 0 aliphatic carbocycles. The number of aromatic nitrogens is 2. The molecule has 1 aliphatic rings. The summed E-state index contributed by atoms with van der Waals surface area (Å²) in [6.45, 7) is 4.45. The van der Waals surface area contributed by atoms with Crippen molar-refractivity contribution in [1.29, 1.82) is 0 Å². The van der Waals surface area contributed by atoms with Gasteiger partial charge < -0.3 is 15.4 Å².